The highest BCUT2D eigenvalue weighted by atomic mass is 35.5. The molecular weight excluding hydrogens is 284 g/mol. The monoisotopic (exact) mass is 308 g/mol. The molecule has 1 aromatic carbocycles. The number of halogens is 1. The van der Waals surface area contributed by atoms with Crippen molar-refractivity contribution in [2.45, 2.75) is 51.2 Å². The summed E-state index contributed by atoms with van der Waals surface area (Å²) in [6.45, 7) is 4.13. The fourth-order valence-electron chi connectivity index (χ4n) is 3.24. The van der Waals surface area contributed by atoms with Crippen LogP contribution in [0.5, 0.6) is 0 Å². The summed E-state index contributed by atoms with van der Waals surface area (Å²) in [7, 11) is 0. The van der Waals surface area contributed by atoms with Crippen molar-refractivity contribution in [1.82, 2.24) is 10.2 Å². The van der Waals surface area contributed by atoms with Crippen LogP contribution in [0.2, 0.25) is 0 Å². The molecule has 1 aliphatic carbocycles. The second-order valence-corrected chi connectivity index (χ2v) is 5.98. The number of nitrogens with zero attached hydrogens (tertiary/aromatic N) is 1. The lowest BCUT2D eigenvalue weighted by atomic mass is 9.88. The van der Waals surface area contributed by atoms with Gasteiger partial charge in [0, 0.05) is 18.6 Å². The summed E-state index contributed by atoms with van der Waals surface area (Å²) < 4.78 is 0. The summed E-state index contributed by atoms with van der Waals surface area (Å²) in [4.78, 5) is 14.1. The van der Waals surface area contributed by atoms with E-state index in [9.17, 15) is 4.79 Å². The molecule has 0 saturated heterocycles. The smallest absolute Gasteiger partial charge is 0.235 e. The molecule has 0 unspecified atom stereocenters. The number of hydrogen-bond acceptors (Lipinski definition) is 2. The van der Waals surface area contributed by atoms with Crippen molar-refractivity contribution < 1.29 is 4.79 Å². The van der Waals surface area contributed by atoms with Gasteiger partial charge in [-0.3, -0.25) is 9.69 Å². The quantitative estimate of drug-likeness (QED) is 0.819. The van der Waals surface area contributed by atoms with E-state index in [4.69, 9.17) is 11.6 Å². The highest BCUT2D eigenvalue weighted by Gasteiger charge is 2.30. The van der Waals surface area contributed by atoms with E-state index in [1.54, 1.807) is 0 Å². The molecule has 1 N–H and O–H groups in total. The highest BCUT2D eigenvalue weighted by molar-refractivity contribution is 6.27. The molecule has 2 atom stereocenters. The summed E-state index contributed by atoms with van der Waals surface area (Å²) in [6.07, 6.45) is 4.63. The van der Waals surface area contributed by atoms with Crippen molar-refractivity contribution in [2.75, 3.05) is 12.4 Å². The predicted molar refractivity (Wildman–Crippen MR) is 87.4 cm³/mol. The third kappa shape index (κ3) is 4.72. The predicted octanol–water partition coefficient (Wildman–Crippen LogP) is 3.17. The van der Waals surface area contributed by atoms with Crippen LogP contribution in [-0.2, 0) is 11.3 Å². The summed E-state index contributed by atoms with van der Waals surface area (Å²) in [5, 5.41) is 3.11. The summed E-state index contributed by atoms with van der Waals surface area (Å²) >= 11 is 5.64. The van der Waals surface area contributed by atoms with E-state index in [0.29, 0.717) is 6.04 Å². The van der Waals surface area contributed by atoms with Gasteiger partial charge in [0.1, 0.15) is 5.88 Å². The van der Waals surface area contributed by atoms with Crippen molar-refractivity contribution in [3.63, 3.8) is 0 Å². The van der Waals surface area contributed by atoms with E-state index in [1.165, 1.54) is 18.4 Å². The first-order chi connectivity index (χ1) is 10.2. The Hall–Kier alpha value is -1.06. The zero-order valence-corrected chi connectivity index (χ0v) is 13.5. The number of hydrogen-bond donors (Lipinski definition) is 1. The molecule has 1 amide bonds. The maximum atomic E-state index is 11.6. The third-order valence-electron chi connectivity index (χ3n) is 4.30. The number of likely N-dealkylation sites (N-methyl/N-ethyl adjacent to an activating group) is 1. The Morgan fingerprint density at radius 2 is 2.00 bits per heavy atom. The first-order valence-corrected chi connectivity index (χ1v) is 8.41. The molecule has 116 valence electrons. The summed E-state index contributed by atoms with van der Waals surface area (Å²) in [6, 6.07) is 11.2. The number of benzene rings is 1. The Labute approximate surface area is 132 Å². The second kappa shape index (κ2) is 8.40. The van der Waals surface area contributed by atoms with Crippen LogP contribution in [0.15, 0.2) is 30.3 Å². The Morgan fingerprint density at radius 3 is 2.67 bits per heavy atom. The lowest BCUT2D eigenvalue weighted by molar-refractivity contribution is -0.120. The number of amides is 1. The minimum atomic E-state index is -0.0515. The molecular formula is C17H25ClN2O. The van der Waals surface area contributed by atoms with Crippen LogP contribution in [0, 0.1) is 0 Å². The Morgan fingerprint density at radius 1 is 1.29 bits per heavy atom. The van der Waals surface area contributed by atoms with Crippen LogP contribution in [0.25, 0.3) is 0 Å². The normalized spacial score (nSPS) is 22.2. The maximum Gasteiger partial charge on any atom is 0.235 e. The van der Waals surface area contributed by atoms with E-state index in [-0.39, 0.29) is 17.8 Å². The molecule has 0 radical (unpaired) electrons. The molecule has 1 aliphatic rings. The molecule has 1 saturated carbocycles. The topological polar surface area (TPSA) is 32.3 Å². The first-order valence-electron chi connectivity index (χ1n) is 7.88. The molecule has 1 aromatic rings. The highest BCUT2D eigenvalue weighted by Crippen LogP contribution is 2.24. The first kappa shape index (κ1) is 16.3. The standard InChI is InChI=1S/C17H25ClN2O/c1-2-20(13-14-8-4-3-5-9-14)16-11-7-6-10-15(16)19-17(21)12-18/h3-5,8-9,15-16H,2,6-7,10-13H2,1H3,(H,19,21)/t15-,16-/m0/s1. The van der Waals surface area contributed by atoms with E-state index in [1.807, 2.05) is 6.07 Å². The van der Waals surface area contributed by atoms with Crippen LogP contribution in [0.4, 0.5) is 0 Å². The van der Waals surface area contributed by atoms with Crippen molar-refractivity contribution in [2.24, 2.45) is 0 Å². The number of alkyl halides is 1. The average Bonchev–Trinajstić information content (AvgIpc) is 2.54. The van der Waals surface area contributed by atoms with Gasteiger partial charge in [0.2, 0.25) is 5.91 Å². The van der Waals surface area contributed by atoms with Gasteiger partial charge < -0.3 is 5.32 Å². The molecule has 2 rings (SSSR count). The van der Waals surface area contributed by atoms with Crippen LogP contribution in [0.1, 0.15) is 38.2 Å². The van der Waals surface area contributed by atoms with Gasteiger partial charge in [-0.1, -0.05) is 50.1 Å². The summed E-state index contributed by atoms with van der Waals surface area (Å²) in [5.41, 5.74) is 1.33. The minimum Gasteiger partial charge on any atom is -0.351 e. The Balaban J connectivity index is 2.04. The number of carbonyl (C=O) groups excluding carboxylic acids is 1. The van der Waals surface area contributed by atoms with Crippen molar-refractivity contribution in [3.05, 3.63) is 35.9 Å². The van der Waals surface area contributed by atoms with Crippen LogP contribution >= 0.6 is 11.6 Å². The largest absolute Gasteiger partial charge is 0.351 e. The zero-order chi connectivity index (χ0) is 15.1. The molecule has 1 fully saturated rings. The van der Waals surface area contributed by atoms with E-state index in [2.05, 4.69) is 41.4 Å². The third-order valence-corrected chi connectivity index (χ3v) is 4.54. The van der Waals surface area contributed by atoms with Crippen LogP contribution < -0.4 is 5.32 Å². The van der Waals surface area contributed by atoms with Gasteiger partial charge in [0.05, 0.1) is 0 Å². The maximum absolute atomic E-state index is 11.6. The van der Waals surface area contributed by atoms with Gasteiger partial charge in [0.25, 0.3) is 0 Å². The Bertz CT molecular complexity index is 438. The summed E-state index contributed by atoms with van der Waals surface area (Å²) in [5.74, 6) is -0.00191. The zero-order valence-electron chi connectivity index (χ0n) is 12.7. The minimum absolute atomic E-state index is 0.0496. The van der Waals surface area contributed by atoms with Gasteiger partial charge in [-0.15, -0.1) is 11.6 Å². The van der Waals surface area contributed by atoms with E-state index in [0.717, 1.165) is 25.9 Å². The Kier molecular flexibility index (Phi) is 6.52. The lowest BCUT2D eigenvalue weighted by Crippen LogP contribution is -2.53. The molecule has 0 heterocycles. The number of nitrogens with one attached hydrogen (secondary N) is 1. The number of carbonyl (C=O) groups is 1. The van der Waals surface area contributed by atoms with Gasteiger partial charge in [-0.05, 0) is 24.9 Å². The van der Waals surface area contributed by atoms with Gasteiger partial charge >= 0.3 is 0 Å². The van der Waals surface area contributed by atoms with Crippen LogP contribution in [0.3, 0.4) is 0 Å². The second-order valence-electron chi connectivity index (χ2n) is 5.71. The molecule has 21 heavy (non-hydrogen) atoms. The number of rotatable bonds is 6. The van der Waals surface area contributed by atoms with Gasteiger partial charge in [-0.25, -0.2) is 0 Å². The fraction of sp³-hybridized carbons (Fsp3) is 0.588. The van der Waals surface area contributed by atoms with Gasteiger partial charge in [-0.2, -0.15) is 0 Å². The molecule has 3 nitrogen and oxygen atoms in total. The van der Waals surface area contributed by atoms with Crippen molar-refractivity contribution >= 4 is 17.5 Å². The SMILES string of the molecule is CCN(Cc1ccccc1)[C@H]1CCCC[C@@H]1NC(=O)CCl. The van der Waals surface area contributed by atoms with Gasteiger partial charge in [0.15, 0.2) is 0 Å². The molecule has 0 aliphatic heterocycles. The van der Waals surface area contributed by atoms with E-state index >= 15 is 0 Å². The van der Waals surface area contributed by atoms with Crippen LogP contribution in [-0.4, -0.2) is 35.3 Å². The molecule has 0 aromatic heterocycles. The molecule has 4 heteroatoms. The molecule has 0 bridgehead atoms. The fourth-order valence-corrected chi connectivity index (χ4v) is 3.32. The van der Waals surface area contributed by atoms with Crippen molar-refractivity contribution in [3.8, 4) is 0 Å². The lowest BCUT2D eigenvalue weighted by Gasteiger charge is -2.40. The van der Waals surface area contributed by atoms with E-state index < -0.39 is 0 Å². The molecule has 0 spiro atoms. The average molecular weight is 309 g/mol. The van der Waals surface area contributed by atoms with Crippen molar-refractivity contribution in [1.29, 1.82) is 0 Å².